The van der Waals surface area contributed by atoms with E-state index in [0.29, 0.717) is 0 Å². The number of aliphatic hydroxyl groups is 1. The van der Waals surface area contributed by atoms with Crippen molar-refractivity contribution < 1.29 is 19.7 Å². The number of nitrogens with one attached hydrogen (secondary N) is 1. The van der Waals surface area contributed by atoms with Gasteiger partial charge in [0.25, 0.3) is 0 Å². The standard InChI is InChI=1S/C13H19N3O6/c1-3-6-14-7-10(17)8-22-11-5-4-9(2)12(15(18)19)13(11)16(20)21/h4-5,10,14,17H,3,6-8H2,1-2H3. The fourth-order valence-electron chi connectivity index (χ4n) is 1.88. The number of hydrogen-bond donors (Lipinski definition) is 2. The molecule has 0 aliphatic rings. The molecule has 0 fully saturated rings. The highest BCUT2D eigenvalue weighted by Gasteiger charge is 2.32. The first-order valence-corrected chi connectivity index (χ1v) is 6.82. The number of aliphatic hydroxyl groups excluding tert-OH is 1. The summed E-state index contributed by atoms with van der Waals surface area (Å²) in [5.74, 6) is -0.225. The van der Waals surface area contributed by atoms with E-state index < -0.39 is 27.3 Å². The Morgan fingerprint density at radius 1 is 1.27 bits per heavy atom. The van der Waals surface area contributed by atoms with Crippen LogP contribution < -0.4 is 10.1 Å². The second kappa shape index (κ2) is 8.25. The summed E-state index contributed by atoms with van der Waals surface area (Å²) in [7, 11) is 0. The van der Waals surface area contributed by atoms with Crippen LogP contribution in [0, 0.1) is 27.2 Å². The van der Waals surface area contributed by atoms with Gasteiger partial charge in [-0.1, -0.05) is 6.92 Å². The quantitative estimate of drug-likeness (QED) is 0.402. The maximum Gasteiger partial charge on any atom is 0.387 e. The zero-order valence-electron chi connectivity index (χ0n) is 12.4. The predicted octanol–water partition coefficient (Wildman–Crippen LogP) is 1.55. The van der Waals surface area contributed by atoms with Crippen LogP contribution in [-0.2, 0) is 0 Å². The van der Waals surface area contributed by atoms with E-state index in [1.165, 1.54) is 19.1 Å². The van der Waals surface area contributed by atoms with Crippen LogP contribution in [0.5, 0.6) is 5.75 Å². The van der Waals surface area contributed by atoms with Crippen LogP contribution in [-0.4, -0.2) is 40.8 Å². The van der Waals surface area contributed by atoms with Crippen molar-refractivity contribution >= 4 is 11.4 Å². The van der Waals surface area contributed by atoms with Gasteiger partial charge in [-0.15, -0.1) is 0 Å². The first kappa shape index (κ1) is 17.8. The maximum atomic E-state index is 11.1. The molecule has 0 aliphatic heterocycles. The molecule has 2 N–H and O–H groups in total. The van der Waals surface area contributed by atoms with E-state index >= 15 is 0 Å². The smallest absolute Gasteiger partial charge is 0.387 e. The number of nitro benzene ring substituents is 2. The van der Waals surface area contributed by atoms with E-state index in [0.717, 1.165) is 13.0 Å². The SMILES string of the molecule is CCCNCC(O)COc1ccc(C)c([N+](=O)[O-])c1[N+](=O)[O-]. The van der Waals surface area contributed by atoms with Gasteiger partial charge in [0.2, 0.25) is 5.75 Å². The van der Waals surface area contributed by atoms with Crippen molar-refractivity contribution in [2.75, 3.05) is 19.7 Å². The van der Waals surface area contributed by atoms with Gasteiger partial charge in [0, 0.05) is 12.1 Å². The number of nitrogens with zero attached hydrogens (tertiary/aromatic N) is 2. The third-order valence-corrected chi connectivity index (χ3v) is 2.92. The Hall–Kier alpha value is -2.26. The van der Waals surface area contributed by atoms with E-state index in [2.05, 4.69) is 5.32 Å². The largest absolute Gasteiger partial charge is 0.484 e. The highest BCUT2D eigenvalue weighted by molar-refractivity contribution is 5.65. The fraction of sp³-hybridized carbons (Fsp3) is 0.538. The molecule has 22 heavy (non-hydrogen) atoms. The van der Waals surface area contributed by atoms with E-state index in [9.17, 15) is 25.3 Å². The van der Waals surface area contributed by atoms with Gasteiger partial charge < -0.3 is 15.2 Å². The van der Waals surface area contributed by atoms with Gasteiger partial charge >= 0.3 is 11.4 Å². The summed E-state index contributed by atoms with van der Waals surface area (Å²) in [5.41, 5.74) is -1.12. The van der Waals surface area contributed by atoms with Crippen molar-refractivity contribution in [2.24, 2.45) is 0 Å². The summed E-state index contributed by atoms with van der Waals surface area (Å²) < 4.78 is 5.20. The van der Waals surface area contributed by atoms with Crippen LogP contribution >= 0.6 is 0 Å². The Morgan fingerprint density at radius 2 is 1.91 bits per heavy atom. The van der Waals surface area contributed by atoms with Gasteiger partial charge in [-0.25, -0.2) is 0 Å². The minimum atomic E-state index is -0.869. The second-order valence-corrected chi connectivity index (χ2v) is 4.76. The van der Waals surface area contributed by atoms with Crippen LogP contribution in [0.3, 0.4) is 0 Å². The molecule has 1 rings (SSSR count). The Morgan fingerprint density at radius 3 is 2.45 bits per heavy atom. The van der Waals surface area contributed by atoms with Gasteiger partial charge in [-0.3, -0.25) is 20.2 Å². The van der Waals surface area contributed by atoms with Gasteiger partial charge in [0.05, 0.1) is 9.85 Å². The van der Waals surface area contributed by atoms with Crippen LogP contribution in [0.15, 0.2) is 12.1 Å². The number of aryl methyl sites for hydroxylation is 1. The molecule has 0 heterocycles. The minimum absolute atomic E-state index is 0.175. The highest BCUT2D eigenvalue weighted by Crippen LogP contribution is 2.38. The monoisotopic (exact) mass is 313 g/mol. The molecule has 0 bridgehead atoms. The van der Waals surface area contributed by atoms with Gasteiger partial charge in [0.15, 0.2) is 0 Å². The molecular formula is C13H19N3O6. The van der Waals surface area contributed by atoms with Crippen molar-refractivity contribution in [2.45, 2.75) is 26.4 Å². The third kappa shape index (κ3) is 4.64. The first-order valence-electron chi connectivity index (χ1n) is 6.82. The summed E-state index contributed by atoms with van der Waals surface area (Å²) >= 11 is 0. The van der Waals surface area contributed by atoms with Crippen LogP contribution in [0.1, 0.15) is 18.9 Å². The van der Waals surface area contributed by atoms with E-state index in [1.54, 1.807) is 0 Å². The van der Waals surface area contributed by atoms with Gasteiger partial charge in [-0.05, 0) is 32.0 Å². The zero-order valence-corrected chi connectivity index (χ0v) is 12.4. The van der Waals surface area contributed by atoms with E-state index in [4.69, 9.17) is 4.74 Å². The molecule has 0 spiro atoms. The Labute approximate surface area is 127 Å². The summed E-state index contributed by atoms with van der Waals surface area (Å²) in [5, 5.41) is 34.8. The lowest BCUT2D eigenvalue weighted by molar-refractivity contribution is -0.423. The molecule has 9 heteroatoms. The lowest BCUT2D eigenvalue weighted by Crippen LogP contribution is -2.31. The molecule has 0 aromatic heterocycles. The minimum Gasteiger partial charge on any atom is -0.484 e. The molecule has 0 saturated heterocycles. The first-order chi connectivity index (χ1) is 10.4. The van der Waals surface area contributed by atoms with Crippen molar-refractivity contribution in [1.82, 2.24) is 5.32 Å². The molecule has 1 aromatic carbocycles. The van der Waals surface area contributed by atoms with E-state index in [1.807, 2.05) is 6.92 Å². The van der Waals surface area contributed by atoms with Gasteiger partial charge in [0.1, 0.15) is 12.7 Å². The van der Waals surface area contributed by atoms with Gasteiger partial charge in [-0.2, -0.15) is 0 Å². The zero-order chi connectivity index (χ0) is 16.7. The maximum absolute atomic E-state index is 11.1. The average molecular weight is 313 g/mol. The molecular weight excluding hydrogens is 294 g/mol. The topological polar surface area (TPSA) is 128 Å². The van der Waals surface area contributed by atoms with Crippen molar-refractivity contribution in [3.05, 3.63) is 37.9 Å². The lowest BCUT2D eigenvalue weighted by atomic mass is 10.1. The lowest BCUT2D eigenvalue weighted by Gasteiger charge is -2.13. The number of ether oxygens (including phenoxy) is 1. The van der Waals surface area contributed by atoms with Crippen molar-refractivity contribution in [1.29, 1.82) is 0 Å². The molecule has 0 aliphatic carbocycles. The molecule has 0 amide bonds. The number of hydrogen-bond acceptors (Lipinski definition) is 7. The second-order valence-electron chi connectivity index (χ2n) is 4.76. The summed E-state index contributed by atoms with van der Waals surface area (Å²) in [6.45, 7) is 4.20. The molecule has 9 nitrogen and oxygen atoms in total. The average Bonchev–Trinajstić information content (AvgIpc) is 2.45. The fourth-order valence-corrected chi connectivity index (χ4v) is 1.88. The number of rotatable bonds is 9. The predicted molar refractivity (Wildman–Crippen MR) is 79.2 cm³/mol. The normalized spacial score (nSPS) is 12.0. The van der Waals surface area contributed by atoms with Crippen LogP contribution in [0.2, 0.25) is 0 Å². The Balaban J connectivity index is 2.89. The van der Waals surface area contributed by atoms with Crippen molar-refractivity contribution in [3.8, 4) is 5.75 Å². The van der Waals surface area contributed by atoms with Crippen LogP contribution in [0.25, 0.3) is 0 Å². The molecule has 122 valence electrons. The molecule has 0 radical (unpaired) electrons. The Bertz CT molecular complexity index is 549. The molecule has 1 atom stereocenters. The summed E-state index contributed by atoms with van der Waals surface area (Å²) in [6.07, 6.45) is 0.0370. The number of benzene rings is 1. The van der Waals surface area contributed by atoms with E-state index in [-0.39, 0.29) is 24.5 Å². The summed E-state index contributed by atoms with van der Waals surface area (Å²) in [4.78, 5) is 20.4. The molecule has 1 aromatic rings. The molecule has 1 unspecified atom stereocenters. The Kier molecular flexibility index (Phi) is 6.67. The van der Waals surface area contributed by atoms with Crippen LogP contribution in [0.4, 0.5) is 11.4 Å². The molecule has 0 saturated carbocycles. The van der Waals surface area contributed by atoms with Crippen molar-refractivity contribution in [3.63, 3.8) is 0 Å². The third-order valence-electron chi connectivity index (χ3n) is 2.92. The highest BCUT2D eigenvalue weighted by atomic mass is 16.6. The number of nitro groups is 2. The summed E-state index contributed by atoms with van der Waals surface area (Å²) in [6, 6.07) is 2.68.